The topological polar surface area (TPSA) is 98.7 Å². The maximum atomic E-state index is 12.3. The van der Waals surface area contributed by atoms with Crippen molar-refractivity contribution >= 4 is 41.9 Å². The van der Waals surface area contributed by atoms with Crippen LogP contribution in [0.25, 0.3) is 0 Å². The van der Waals surface area contributed by atoms with Gasteiger partial charge in [-0.15, -0.1) is 24.0 Å². The van der Waals surface area contributed by atoms with Gasteiger partial charge in [-0.3, -0.25) is 9.69 Å². The predicted molar refractivity (Wildman–Crippen MR) is 131 cm³/mol. The van der Waals surface area contributed by atoms with Crippen molar-refractivity contribution in [2.24, 2.45) is 4.99 Å². The molecule has 0 spiro atoms. The van der Waals surface area contributed by atoms with Crippen LogP contribution in [-0.2, 0) is 14.3 Å². The maximum absolute atomic E-state index is 12.3. The minimum Gasteiger partial charge on any atom is -0.444 e. The molecule has 1 atom stereocenters. The summed E-state index contributed by atoms with van der Waals surface area (Å²) in [6.07, 6.45) is 0.499. The third-order valence-electron chi connectivity index (χ3n) is 4.88. The summed E-state index contributed by atoms with van der Waals surface area (Å²) in [7, 11) is 3.43. The minimum atomic E-state index is -0.511. The van der Waals surface area contributed by atoms with Crippen molar-refractivity contribution in [1.29, 1.82) is 0 Å². The lowest BCUT2D eigenvalue weighted by atomic mass is 10.2. The highest BCUT2D eigenvalue weighted by Gasteiger charge is 2.30. The Morgan fingerprint density at radius 1 is 1.19 bits per heavy atom. The number of halogens is 1. The molecule has 2 rings (SSSR count). The van der Waals surface area contributed by atoms with E-state index in [2.05, 4.69) is 20.5 Å². The summed E-state index contributed by atoms with van der Waals surface area (Å²) in [4.78, 5) is 34.3. The molecule has 2 N–H and O–H groups in total. The second-order valence-electron chi connectivity index (χ2n) is 8.89. The van der Waals surface area contributed by atoms with E-state index in [4.69, 9.17) is 9.47 Å². The zero-order valence-electron chi connectivity index (χ0n) is 19.5. The van der Waals surface area contributed by atoms with E-state index in [1.165, 1.54) is 4.90 Å². The van der Waals surface area contributed by atoms with Gasteiger partial charge in [0.2, 0.25) is 5.91 Å². The van der Waals surface area contributed by atoms with Gasteiger partial charge in [0, 0.05) is 59.4 Å². The Morgan fingerprint density at radius 2 is 1.87 bits per heavy atom. The van der Waals surface area contributed by atoms with Gasteiger partial charge in [-0.2, -0.15) is 0 Å². The molecular weight excluding hydrogens is 515 g/mol. The molecule has 1 unspecified atom stereocenters. The highest BCUT2D eigenvalue weighted by atomic mass is 127. The number of carbonyl (C=O) groups is 2. The molecule has 2 amide bonds. The quantitative estimate of drug-likeness (QED) is 0.282. The fraction of sp³-hybridized carbons (Fsp3) is 0.850. The van der Waals surface area contributed by atoms with Gasteiger partial charge in [-0.25, -0.2) is 9.79 Å². The van der Waals surface area contributed by atoms with Gasteiger partial charge in [0.1, 0.15) is 12.1 Å². The number of nitrogens with zero attached hydrogens (tertiary/aromatic N) is 4. The monoisotopic (exact) mass is 554 g/mol. The molecule has 2 aliphatic rings. The Morgan fingerprint density at radius 3 is 2.48 bits per heavy atom. The molecule has 2 saturated heterocycles. The van der Waals surface area contributed by atoms with Gasteiger partial charge >= 0.3 is 6.09 Å². The highest BCUT2D eigenvalue weighted by molar-refractivity contribution is 14.0. The number of amides is 2. The van der Waals surface area contributed by atoms with Crippen LogP contribution in [0.2, 0.25) is 0 Å². The van der Waals surface area contributed by atoms with Crippen LogP contribution in [0, 0.1) is 0 Å². The molecule has 0 bridgehead atoms. The van der Waals surface area contributed by atoms with Gasteiger partial charge < -0.3 is 29.9 Å². The van der Waals surface area contributed by atoms with E-state index in [9.17, 15) is 9.59 Å². The largest absolute Gasteiger partial charge is 0.444 e. The summed E-state index contributed by atoms with van der Waals surface area (Å²) in [6, 6.07) is 0.0570. The number of hydrogen-bond acceptors (Lipinski definition) is 6. The fourth-order valence-corrected chi connectivity index (χ4v) is 3.16. The minimum absolute atomic E-state index is 0. The van der Waals surface area contributed by atoms with Gasteiger partial charge in [-0.1, -0.05) is 0 Å². The molecule has 0 aromatic carbocycles. The second kappa shape index (κ2) is 13.3. The van der Waals surface area contributed by atoms with E-state index in [0.29, 0.717) is 25.6 Å². The summed E-state index contributed by atoms with van der Waals surface area (Å²) < 4.78 is 10.8. The fourth-order valence-electron chi connectivity index (χ4n) is 3.16. The lowest BCUT2D eigenvalue weighted by Crippen LogP contribution is -2.48. The van der Waals surface area contributed by atoms with Crippen LogP contribution < -0.4 is 10.6 Å². The summed E-state index contributed by atoms with van der Waals surface area (Å²) in [5, 5.41) is 6.69. The lowest BCUT2D eigenvalue weighted by Gasteiger charge is -2.27. The van der Waals surface area contributed by atoms with Gasteiger partial charge in [0.15, 0.2) is 5.96 Å². The number of hydrogen-bond donors (Lipinski definition) is 2. The summed E-state index contributed by atoms with van der Waals surface area (Å²) in [5.74, 6) is 0.528. The first-order valence-corrected chi connectivity index (χ1v) is 10.7. The molecule has 2 heterocycles. The van der Waals surface area contributed by atoms with Crippen molar-refractivity contribution in [2.75, 3.05) is 73.1 Å². The van der Waals surface area contributed by atoms with Crippen LogP contribution in [0.4, 0.5) is 4.79 Å². The molecule has 10 nitrogen and oxygen atoms in total. The Hall–Kier alpha value is -1.34. The number of morpholine rings is 1. The molecule has 31 heavy (non-hydrogen) atoms. The molecule has 180 valence electrons. The Kier molecular flexibility index (Phi) is 11.8. The first kappa shape index (κ1) is 27.7. The van der Waals surface area contributed by atoms with Gasteiger partial charge in [-0.05, 0) is 27.2 Å². The SMILES string of the molecule is CN(C)C(=O)CN=C(NCCN1CCOCC1)NC1CCN(C(=O)OC(C)(C)C)C1.I. The first-order chi connectivity index (χ1) is 14.1. The predicted octanol–water partition coefficient (Wildman–Crippen LogP) is 0.569. The smallest absolute Gasteiger partial charge is 0.410 e. The van der Waals surface area contributed by atoms with Crippen molar-refractivity contribution < 1.29 is 19.1 Å². The highest BCUT2D eigenvalue weighted by Crippen LogP contribution is 2.15. The number of aliphatic imine (C=N–C) groups is 1. The molecular formula is C20H39IN6O4. The molecule has 2 aliphatic heterocycles. The Labute approximate surface area is 203 Å². The van der Waals surface area contributed by atoms with E-state index in [-0.39, 0.29) is 48.6 Å². The van der Waals surface area contributed by atoms with Crippen LogP contribution in [0.1, 0.15) is 27.2 Å². The van der Waals surface area contributed by atoms with Crippen molar-refractivity contribution in [1.82, 2.24) is 25.3 Å². The molecule has 2 fully saturated rings. The summed E-state index contributed by atoms with van der Waals surface area (Å²) in [6.45, 7) is 11.8. The number of guanidine groups is 1. The Bertz CT molecular complexity index is 605. The number of nitrogens with one attached hydrogen (secondary N) is 2. The normalized spacial score (nSPS) is 20.1. The van der Waals surface area contributed by atoms with Crippen LogP contribution >= 0.6 is 24.0 Å². The van der Waals surface area contributed by atoms with Crippen molar-refractivity contribution in [3.8, 4) is 0 Å². The zero-order valence-corrected chi connectivity index (χ0v) is 21.8. The second-order valence-corrected chi connectivity index (χ2v) is 8.89. The average Bonchev–Trinajstić information content (AvgIpc) is 3.14. The number of likely N-dealkylation sites (N-methyl/N-ethyl adjacent to an activating group) is 1. The van der Waals surface area contributed by atoms with E-state index in [1.54, 1.807) is 19.0 Å². The number of rotatable bonds is 6. The third-order valence-corrected chi connectivity index (χ3v) is 4.88. The van der Waals surface area contributed by atoms with Crippen LogP contribution in [-0.4, -0.2) is 117 Å². The van der Waals surface area contributed by atoms with Crippen LogP contribution in [0.3, 0.4) is 0 Å². The molecule has 0 aromatic rings. The molecule has 0 radical (unpaired) electrons. The molecule has 0 aliphatic carbocycles. The van der Waals surface area contributed by atoms with E-state index < -0.39 is 5.60 Å². The molecule has 0 aromatic heterocycles. The van der Waals surface area contributed by atoms with E-state index in [0.717, 1.165) is 39.3 Å². The van der Waals surface area contributed by atoms with Crippen LogP contribution in [0.5, 0.6) is 0 Å². The van der Waals surface area contributed by atoms with Gasteiger partial charge in [0.25, 0.3) is 0 Å². The summed E-state index contributed by atoms with van der Waals surface area (Å²) in [5.41, 5.74) is -0.511. The maximum Gasteiger partial charge on any atom is 0.410 e. The van der Waals surface area contributed by atoms with Crippen LogP contribution in [0.15, 0.2) is 4.99 Å². The zero-order chi connectivity index (χ0) is 22.1. The van der Waals surface area contributed by atoms with Crippen molar-refractivity contribution in [2.45, 2.75) is 38.8 Å². The molecule has 0 saturated carbocycles. The summed E-state index contributed by atoms with van der Waals surface area (Å²) >= 11 is 0. The average molecular weight is 554 g/mol. The van der Waals surface area contributed by atoms with E-state index >= 15 is 0 Å². The third kappa shape index (κ3) is 10.7. The van der Waals surface area contributed by atoms with Crippen molar-refractivity contribution in [3.05, 3.63) is 0 Å². The number of ether oxygens (including phenoxy) is 2. The number of likely N-dealkylation sites (tertiary alicyclic amines) is 1. The standard InChI is InChI=1S/C20H38N6O4.HI/c1-20(2,3)30-19(28)26-8-6-16(15-26)23-18(22-14-17(27)24(4)5)21-7-9-25-10-12-29-13-11-25;/h16H,6-15H2,1-5H3,(H2,21,22,23);1H. The lowest BCUT2D eigenvalue weighted by molar-refractivity contribution is -0.127. The van der Waals surface area contributed by atoms with Crippen molar-refractivity contribution in [3.63, 3.8) is 0 Å². The Balaban J connectivity index is 0.00000480. The molecule has 11 heteroatoms. The first-order valence-electron chi connectivity index (χ1n) is 10.7. The van der Waals surface area contributed by atoms with E-state index in [1.807, 2.05) is 20.8 Å². The van der Waals surface area contributed by atoms with Gasteiger partial charge in [0.05, 0.1) is 13.2 Å². The number of carbonyl (C=O) groups excluding carboxylic acids is 2.